The Morgan fingerprint density at radius 1 is 1.15 bits per heavy atom. The second-order valence-corrected chi connectivity index (χ2v) is 5.01. The van der Waals surface area contributed by atoms with Gasteiger partial charge in [0.1, 0.15) is 0 Å². The number of aliphatic hydroxyl groups is 1. The van der Waals surface area contributed by atoms with Gasteiger partial charge in [0.2, 0.25) is 0 Å². The van der Waals surface area contributed by atoms with Gasteiger partial charge >= 0.3 is 6.18 Å². The van der Waals surface area contributed by atoms with Gasteiger partial charge in [-0.05, 0) is 18.5 Å². The maximum Gasteiger partial charge on any atom is 0.401 e. The lowest BCUT2D eigenvalue weighted by Crippen LogP contribution is -2.52. The lowest BCUT2D eigenvalue weighted by Gasteiger charge is -2.34. The average Bonchev–Trinajstić information content (AvgIpc) is 2.38. The molecule has 3 nitrogen and oxygen atoms in total. The number of nitrogens with zero attached hydrogens (tertiary/aromatic N) is 1. The van der Waals surface area contributed by atoms with Crippen LogP contribution < -0.4 is 5.73 Å². The molecule has 0 spiro atoms. The van der Waals surface area contributed by atoms with Gasteiger partial charge in [-0.3, -0.25) is 4.90 Å². The number of aliphatic hydroxyl groups excluding tert-OH is 1. The van der Waals surface area contributed by atoms with Gasteiger partial charge in [0.15, 0.2) is 0 Å². The van der Waals surface area contributed by atoms with E-state index in [0.717, 1.165) is 0 Å². The summed E-state index contributed by atoms with van der Waals surface area (Å²) < 4.78 is 37.7. The number of rotatable bonds is 7. The van der Waals surface area contributed by atoms with Crippen molar-refractivity contribution in [2.24, 2.45) is 5.73 Å². The molecule has 20 heavy (non-hydrogen) atoms. The minimum Gasteiger partial charge on any atom is -0.394 e. The number of hydrogen-bond donors (Lipinski definition) is 2. The van der Waals surface area contributed by atoms with Crippen LogP contribution in [0.4, 0.5) is 13.2 Å². The van der Waals surface area contributed by atoms with Crippen LogP contribution in [0.2, 0.25) is 0 Å². The summed E-state index contributed by atoms with van der Waals surface area (Å²) in [6.07, 6.45) is -3.69. The van der Waals surface area contributed by atoms with Crippen LogP contribution in [0.25, 0.3) is 0 Å². The smallest absolute Gasteiger partial charge is 0.394 e. The first-order valence-corrected chi connectivity index (χ1v) is 6.55. The quantitative estimate of drug-likeness (QED) is 0.808. The monoisotopic (exact) mass is 290 g/mol. The molecule has 0 heterocycles. The van der Waals surface area contributed by atoms with Crippen LogP contribution >= 0.6 is 0 Å². The molecule has 6 heteroatoms. The third-order valence-corrected chi connectivity index (χ3v) is 3.08. The van der Waals surface area contributed by atoms with E-state index in [4.69, 9.17) is 5.73 Å². The third kappa shape index (κ3) is 5.11. The Labute approximate surface area is 117 Å². The zero-order valence-electron chi connectivity index (χ0n) is 11.5. The molecule has 1 aromatic carbocycles. The molecule has 1 atom stereocenters. The Hall–Kier alpha value is -1.11. The lowest BCUT2D eigenvalue weighted by atomic mass is 9.91. The number of benzene rings is 1. The average molecular weight is 290 g/mol. The molecule has 0 bridgehead atoms. The highest BCUT2D eigenvalue weighted by Gasteiger charge is 2.35. The number of halogens is 3. The first-order valence-electron chi connectivity index (χ1n) is 6.55. The van der Waals surface area contributed by atoms with Gasteiger partial charge < -0.3 is 10.8 Å². The van der Waals surface area contributed by atoms with Crippen molar-refractivity contribution in [2.45, 2.75) is 25.1 Å². The highest BCUT2D eigenvalue weighted by atomic mass is 19.4. The molecule has 1 unspecified atom stereocenters. The van der Waals surface area contributed by atoms with Crippen LogP contribution in [-0.4, -0.2) is 42.4 Å². The fourth-order valence-corrected chi connectivity index (χ4v) is 2.19. The van der Waals surface area contributed by atoms with E-state index in [2.05, 4.69) is 0 Å². The van der Waals surface area contributed by atoms with E-state index in [1.807, 2.05) is 6.92 Å². The zero-order chi connectivity index (χ0) is 15.2. The molecule has 0 aliphatic heterocycles. The number of hydrogen-bond acceptors (Lipinski definition) is 3. The van der Waals surface area contributed by atoms with E-state index in [9.17, 15) is 18.3 Å². The first-order chi connectivity index (χ1) is 9.30. The largest absolute Gasteiger partial charge is 0.401 e. The topological polar surface area (TPSA) is 49.5 Å². The second kappa shape index (κ2) is 7.06. The van der Waals surface area contributed by atoms with Crippen LogP contribution in [0.3, 0.4) is 0 Å². The first kappa shape index (κ1) is 16.9. The molecule has 0 amide bonds. The predicted octanol–water partition coefficient (Wildman–Crippen LogP) is 2.11. The van der Waals surface area contributed by atoms with Gasteiger partial charge in [-0.2, -0.15) is 13.2 Å². The molecule has 0 radical (unpaired) electrons. The minimum atomic E-state index is -4.28. The maximum absolute atomic E-state index is 12.6. The van der Waals surface area contributed by atoms with E-state index in [1.165, 1.54) is 4.90 Å². The fraction of sp³-hybridized carbons (Fsp3) is 0.571. The Balaban J connectivity index is 2.88. The van der Waals surface area contributed by atoms with Gasteiger partial charge in [-0.25, -0.2) is 0 Å². The summed E-state index contributed by atoms with van der Waals surface area (Å²) >= 11 is 0. The molecule has 0 aliphatic carbocycles. The van der Waals surface area contributed by atoms with Crippen LogP contribution in [0, 0.1) is 0 Å². The molecule has 114 valence electrons. The maximum atomic E-state index is 12.6. The van der Waals surface area contributed by atoms with Gasteiger partial charge in [0.25, 0.3) is 0 Å². The SMILES string of the molecule is CCCN(CC(F)(F)F)CC(N)(CO)c1ccccc1. The van der Waals surface area contributed by atoms with E-state index >= 15 is 0 Å². The minimum absolute atomic E-state index is 0.0408. The highest BCUT2D eigenvalue weighted by molar-refractivity contribution is 5.24. The molecule has 0 saturated carbocycles. The van der Waals surface area contributed by atoms with Crippen LogP contribution in [0.5, 0.6) is 0 Å². The van der Waals surface area contributed by atoms with Crippen LogP contribution in [-0.2, 0) is 5.54 Å². The summed E-state index contributed by atoms with van der Waals surface area (Å²) in [4.78, 5) is 1.24. The highest BCUT2D eigenvalue weighted by Crippen LogP contribution is 2.22. The van der Waals surface area contributed by atoms with Crippen molar-refractivity contribution in [1.82, 2.24) is 4.90 Å². The van der Waals surface area contributed by atoms with Gasteiger partial charge in [-0.15, -0.1) is 0 Å². The van der Waals surface area contributed by atoms with E-state index < -0.39 is 24.9 Å². The Bertz CT molecular complexity index is 397. The number of nitrogens with two attached hydrogens (primary N) is 1. The van der Waals surface area contributed by atoms with Crippen molar-refractivity contribution in [1.29, 1.82) is 0 Å². The second-order valence-electron chi connectivity index (χ2n) is 5.01. The molecule has 3 N–H and O–H groups in total. The fourth-order valence-electron chi connectivity index (χ4n) is 2.19. The zero-order valence-corrected chi connectivity index (χ0v) is 11.5. The van der Waals surface area contributed by atoms with Crippen molar-refractivity contribution in [3.05, 3.63) is 35.9 Å². The van der Waals surface area contributed by atoms with Crippen molar-refractivity contribution in [2.75, 3.05) is 26.2 Å². The molecule has 1 aromatic rings. The molecule has 0 saturated heterocycles. The molecule has 1 rings (SSSR count). The van der Waals surface area contributed by atoms with Gasteiger partial charge in [0, 0.05) is 6.54 Å². The summed E-state index contributed by atoms with van der Waals surface area (Å²) in [5.41, 5.74) is 5.55. The molecule has 0 fully saturated rings. The predicted molar refractivity (Wildman–Crippen MR) is 72.2 cm³/mol. The van der Waals surface area contributed by atoms with Crippen LogP contribution in [0.15, 0.2) is 30.3 Å². The van der Waals surface area contributed by atoms with Crippen LogP contribution in [0.1, 0.15) is 18.9 Å². The van der Waals surface area contributed by atoms with Crippen molar-refractivity contribution >= 4 is 0 Å². The summed E-state index contributed by atoms with van der Waals surface area (Å²) in [5.74, 6) is 0. The van der Waals surface area contributed by atoms with E-state index in [1.54, 1.807) is 30.3 Å². The van der Waals surface area contributed by atoms with E-state index in [-0.39, 0.29) is 13.1 Å². The lowest BCUT2D eigenvalue weighted by molar-refractivity contribution is -0.148. The van der Waals surface area contributed by atoms with Crippen molar-refractivity contribution < 1.29 is 18.3 Å². The third-order valence-electron chi connectivity index (χ3n) is 3.08. The Morgan fingerprint density at radius 2 is 1.75 bits per heavy atom. The standard InChI is InChI=1S/C14H21F3N2O/c1-2-8-19(10-14(15,16)17)9-13(18,11-20)12-6-4-3-5-7-12/h3-7,20H,2,8-11,18H2,1H3. The molecular formula is C14H21F3N2O. The van der Waals surface area contributed by atoms with Crippen molar-refractivity contribution in [3.63, 3.8) is 0 Å². The summed E-state index contributed by atoms with van der Waals surface area (Å²) in [7, 11) is 0. The molecular weight excluding hydrogens is 269 g/mol. The molecule has 0 aliphatic rings. The van der Waals surface area contributed by atoms with Crippen molar-refractivity contribution in [3.8, 4) is 0 Å². The normalized spacial score (nSPS) is 15.3. The molecule has 0 aromatic heterocycles. The van der Waals surface area contributed by atoms with Gasteiger partial charge in [0.05, 0.1) is 18.7 Å². The Morgan fingerprint density at radius 3 is 2.20 bits per heavy atom. The number of alkyl halides is 3. The Kier molecular flexibility index (Phi) is 5.98. The summed E-state index contributed by atoms with van der Waals surface area (Å²) in [6.45, 7) is 0.622. The summed E-state index contributed by atoms with van der Waals surface area (Å²) in [6, 6.07) is 8.73. The van der Waals surface area contributed by atoms with Gasteiger partial charge in [-0.1, -0.05) is 37.3 Å². The van der Waals surface area contributed by atoms with E-state index in [0.29, 0.717) is 12.0 Å². The summed E-state index contributed by atoms with van der Waals surface area (Å²) in [5, 5.41) is 9.52.